The van der Waals surface area contributed by atoms with Crippen molar-refractivity contribution in [2.45, 2.75) is 26.3 Å². The van der Waals surface area contributed by atoms with E-state index in [0.29, 0.717) is 0 Å². The fraction of sp³-hybridized carbons (Fsp3) is 0.600. The molecule has 1 fully saturated rings. The summed E-state index contributed by atoms with van der Waals surface area (Å²) in [7, 11) is 2.18. The van der Waals surface area contributed by atoms with E-state index in [4.69, 9.17) is 5.73 Å². The second-order valence-electron chi connectivity index (χ2n) is 5.66. The van der Waals surface area contributed by atoms with Gasteiger partial charge in [-0.1, -0.05) is 31.2 Å². The normalized spacial score (nSPS) is 25.0. The molecule has 1 aliphatic carbocycles. The van der Waals surface area contributed by atoms with Gasteiger partial charge in [0.05, 0.1) is 0 Å². The molecule has 3 atom stereocenters. The molecule has 0 spiro atoms. The van der Waals surface area contributed by atoms with E-state index in [1.54, 1.807) is 0 Å². The highest BCUT2D eigenvalue weighted by Crippen LogP contribution is 2.38. The number of aryl methyl sites for hydroxylation is 1. The Morgan fingerprint density at radius 3 is 2.65 bits per heavy atom. The maximum absolute atomic E-state index is 6.29. The van der Waals surface area contributed by atoms with Gasteiger partial charge >= 0.3 is 0 Å². The minimum atomic E-state index is 0.134. The van der Waals surface area contributed by atoms with Crippen molar-refractivity contribution < 1.29 is 0 Å². The molecule has 3 unspecified atom stereocenters. The lowest BCUT2D eigenvalue weighted by Gasteiger charge is -2.22. The van der Waals surface area contributed by atoms with Crippen molar-refractivity contribution in [3.8, 4) is 0 Å². The SMILES string of the molecule is Cc1ccccc1C(N)CN(C)CC1CC1C. The van der Waals surface area contributed by atoms with Gasteiger partial charge in [-0.2, -0.15) is 0 Å². The third kappa shape index (κ3) is 3.30. The van der Waals surface area contributed by atoms with E-state index in [0.717, 1.165) is 18.4 Å². The average molecular weight is 232 g/mol. The van der Waals surface area contributed by atoms with Crippen LogP contribution in [0.4, 0.5) is 0 Å². The number of nitrogens with two attached hydrogens (primary N) is 1. The molecular formula is C15H24N2. The van der Waals surface area contributed by atoms with Gasteiger partial charge in [-0.25, -0.2) is 0 Å². The van der Waals surface area contributed by atoms with E-state index < -0.39 is 0 Å². The van der Waals surface area contributed by atoms with Crippen LogP contribution in [0.3, 0.4) is 0 Å². The quantitative estimate of drug-likeness (QED) is 0.845. The van der Waals surface area contributed by atoms with Crippen LogP contribution < -0.4 is 5.73 Å². The minimum absolute atomic E-state index is 0.134. The lowest BCUT2D eigenvalue weighted by atomic mass is 10.0. The molecule has 17 heavy (non-hydrogen) atoms. The first-order chi connectivity index (χ1) is 8.08. The van der Waals surface area contributed by atoms with Crippen molar-refractivity contribution in [3.63, 3.8) is 0 Å². The largest absolute Gasteiger partial charge is 0.323 e. The van der Waals surface area contributed by atoms with E-state index in [9.17, 15) is 0 Å². The van der Waals surface area contributed by atoms with E-state index in [1.165, 1.54) is 24.1 Å². The lowest BCUT2D eigenvalue weighted by Crippen LogP contribution is -2.31. The summed E-state index contributed by atoms with van der Waals surface area (Å²) < 4.78 is 0. The number of benzene rings is 1. The molecule has 0 aromatic heterocycles. The Morgan fingerprint density at radius 1 is 1.41 bits per heavy atom. The van der Waals surface area contributed by atoms with Crippen molar-refractivity contribution in [2.24, 2.45) is 17.6 Å². The maximum Gasteiger partial charge on any atom is 0.0426 e. The van der Waals surface area contributed by atoms with Gasteiger partial charge in [0.25, 0.3) is 0 Å². The molecule has 94 valence electrons. The fourth-order valence-electron chi connectivity index (χ4n) is 2.57. The number of nitrogens with zero attached hydrogens (tertiary/aromatic N) is 1. The van der Waals surface area contributed by atoms with Gasteiger partial charge in [-0.15, -0.1) is 0 Å². The van der Waals surface area contributed by atoms with Crippen LogP contribution in [0.15, 0.2) is 24.3 Å². The first-order valence-corrected chi connectivity index (χ1v) is 6.57. The first-order valence-electron chi connectivity index (χ1n) is 6.57. The third-order valence-electron chi connectivity index (χ3n) is 3.92. The molecule has 2 nitrogen and oxygen atoms in total. The molecule has 0 radical (unpaired) electrons. The Balaban J connectivity index is 1.88. The van der Waals surface area contributed by atoms with E-state index in [1.807, 2.05) is 0 Å². The molecule has 2 N–H and O–H groups in total. The molecule has 1 aromatic rings. The third-order valence-corrected chi connectivity index (χ3v) is 3.92. The topological polar surface area (TPSA) is 29.3 Å². The lowest BCUT2D eigenvalue weighted by molar-refractivity contribution is 0.295. The van der Waals surface area contributed by atoms with Gasteiger partial charge in [0.2, 0.25) is 0 Å². The number of likely N-dealkylation sites (N-methyl/N-ethyl adjacent to an activating group) is 1. The molecule has 0 saturated heterocycles. The van der Waals surface area contributed by atoms with Crippen molar-refractivity contribution in [1.82, 2.24) is 4.90 Å². The summed E-state index contributed by atoms with van der Waals surface area (Å²) in [5.41, 5.74) is 8.87. The van der Waals surface area contributed by atoms with Crippen LogP contribution in [0.5, 0.6) is 0 Å². The van der Waals surface area contributed by atoms with Crippen molar-refractivity contribution in [1.29, 1.82) is 0 Å². The smallest absolute Gasteiger partial charge is 0.0426 e. The number of hydrogen-bond acceptors (Lipinski definition) is 2. The summed E-state index contributed by atoms with van der Waals surface area (Å²) in [5, 5.41) is 0. The number of hydrogen-bond donors (Lipinski definition) is 1. The van der Waals surface area contributed by atoms with Gasteiger partial charge < -0.3 is 10.6 Å². The summed E-state index contributed by atoms with van der Waals surface area (Å²) in [5.74, 6) is 1.83. The second-order valence-corrected chi connectivity index (χ2v) is 5.66. The molecule has 0 aliphatic heterocycles. The Hall–Kier alpha value is -0.860. The maximum atomic E-state index is 6.29. The van der Waals surface area contributed by atoms with E-state index in [2.05, 4.69) is 50.1 Å². The predicted octanol–water partition coefficient (Wildman–Crippen LogP) is 2.58. The van der Waals surface area contributed by atoms with Crippen LogP contribution in [-0.2, 0) is 0 Å². The molecule has 2 heteroatoms. The zero-order chi connectivity index (χ0) is 12.4. The van der Waals surface area contributed by atoms with Gasteiger partial charge in [-0.3, -0.25) is 0 Å². The summed E-state index contributed by atoms with van der Waals surface area (Å²) in [6.45, 7) is 6.62. The Morgan fingerprint density at radius 2 is 2.06 bits per heavy atom. The van der Waals surface area contributed by atoms with Crippen LogP contribution >= 0.6 is 0 Å². The fourth-order valence-corrected chi connectivity index (χ4v) is 2.57. The van der Waals surface area contributed by atoms with Crippen molar-refractivity contribution in [2.75, 3.05) is 20.1 Å². The average Bonchev–Trinajstić information content (AvgIpc) is 2.94. The Bertz CT molecular complexity index is 375. The highest BCUT2D eigenvalue weighted by Gasteiger charge is 2.33. The minimum Gasteiger partial charge on any atom is -0.323 e. The van der Waals surface area contributed by atoms with Gasteiger partial charge in [0.15, 0.2) is 0 Å². The van der Waals surface area contributed by atoms with Crippen molar-refractivity contribution in [3.05, 3.63) is 35.4 Å². The summed E-state index contributed by atoms with van der Waals surface area (Å²) >= 11 is 0. The zero-order valence-electron chi connectivity index (χ0n) is 11.2. The Labute approximate surface area is 105 Å². The second kappa shape index (κ2) is 5.19. The van der Waals surface area contributed by atoms with Crippen LogP contribution in [0.1, 0.15) is 30.5 Å². The summed E-state index contributed by atoms with van der Waals surface area (Å²) in [6, 6.07) is 8.56. The van der Waals surface area contributed by atoms with Crippen LogP contribution in [-0.4, -0.2) is 25.0 Å². The summed E-state index contributed by atoms with van der Waals surface area (Å²) in [6.07, 6.45) is 1.39. The Kier molecular flexibility index (Phi) is 3.85. The van der Waals surface area contributed by atoms with Gasteiger partial charge in [0.1, 0.15) is 0 Å². The monoisotopic (exact) mass is 232 g/mol. The molecule has 0 heterocycles. The standard InChI is InChI=1S/C15H24N2/c1-11-6-4-5-7-14(11)15(16)10-17(3)9-13-8-12(13)2/h4-7,12-13,15H,8-10,16H2,1-3H3. The molecule has 0 amide bonds. The van der Waals surface area contributed by atoms with Crippen LogP contribution in [0, 0.1) is 18.8 Å². The molecular weight excluding hydrogens is 208 g/mol. The zero-order valence-corrected chi connectivity index (χ0v) is 11.2. The van der Waals surface area contributed by atoms with Gasteiger partial charge in [-0.05, 0) is 43.4 Å². The molecule has 1 aliphatic rings. The van der Waals surface area contributed by atoms with Gasteiger partial charge in [0, 0.05) is 19.1 Å². The first kappa shape index (κ1) is 12.6. The molecule has 1 aromatic carbocycles. The molecule has 2 rings (SSSR count). The van der Waals surface area contributed by atoms with E-state index >= 15 is 0 Å². The van der Waals surface area contributed by atoms with Crippen molar-refractivity contribution >= 4 is 0 Å². The highest BCUT2D eigenvalue weighted by atomic mass is 15.1. The van der Waals surface area contributed by atoms with Crippen LogP contribution in [0.25, 0.3) is 0 Å². The number of rotatable bonds is 5. The molecule has 0 bridgehead atoms. The van der Waals surface area contributed by atoms with Crippen LogP contribution in [0.2, 0.25) is 0 Å². The highest BCUT2D eigenvalue weighted by molar-refractivity contribution is 5.28. The summed E-state index contributed by atoms with van der Waals surface area (Å²) in [4.78, 5) is 2.38. The molecule has 1 saturated carbocycles. The predicted molar refractivity (Wildman–Crippen MR) is 72.9 cm³/mol. The van der Waals surface area contributed by atoms with E-state index in [-0.39, 0.29) is 6.04 Å².